The van der Waals surface area contributed by atoms with Gasteiger partial charge in [0.15, 0.2) is 5.78 Å². The molecule has 1 aromatic heterocycles. The molecular formula is C13H11BrN2O. The van der Waals surface area contributed by atoms with Crippen molar-refractivity contribution in [2.75, 3.05) is 5.73 Å². The topological polar surface area (TPSA) is 56.0 Å². The Bertz CT molecular complexity index is 537. The van der Waals surface area contributed by atoms with Crippen LogP contribution in [0.4, 0.5) is 5.69 Å². The van der Waals surface area contributed by atoms with Crippen molar-refractivity contribution < 1.29 is 4.79 Å². The standard InChI is InChI=1S/C13H11BrN2O/c14-10-3-1-9(2-4-10)7-13(17)11-8-16-6-5-12(11)15/h1-6,8H,7H2,(H2,15,16). The minimum absolute atomic E-state index is 0.0158. The van der Waals surface area contributed by atoms with E-state index < -0.39 is 0 Å². The second-order valence-corrected chi connectivity index (χ2v) is 4.61. The van der Waals surface area contributed by atoms with Gasteiger partial charge in [-0.3, -0.25) is 9.78 Å². The Kier molecular flexibility index (Phi) is 3.54. The molecule has 0 unspecified atom stereocenters. The number of rotatable bonds is 3. The Balaban J connectivity index is 2.17. The molecule has 0 aliphatic heterocycles. The molecule has 1 aromatic carbocycles. The van der Waals surface area contributed by atoms with Gasteiger partial charge in [-0.2, -0.15) is 0 Å². The molecule has 3 nitrogen and oxygen atoms in total. The van der Waals surface area contributed by atoms with E-state index in [9.17, 15) is 4.79 Å². The highest BCUT2D eigenvalue weighted by atomic mass is 79.9. The first-order chi connectivity index (χ1) is 8.16. The van der Waals surface area contributed by atoms with Gasteiger partial charge in [0.2, 0.25) is 0 Å². The van der Waals surface area contributed by atoms with Gasteiger partial charge in [0.1, 0.15) is 0 Å². The summed E-state index contributed by atoms with van der Waals surface area (Å²) in [5.41, 5.74) is 7.65. The van der Waals surface area contributed by atoms with Crippen molar-refractivity contribution in [3.63, 3.8) is 0 Å². The van der Waals surface area contributed by atoms with E-state index in [0.29, 0.717) is 17.7 Å². The number of nitrogen functional groups attached to an aromatic ring is 1. The molecule has 1 heterocycles. The Morgan fingerprint density at radius 2 is 1.94 bits per heavy atom. The molecule has 0 atom stereocenters. The maximum absolute atomic E-state index is 12.0. The number of aromatic nitrogens is 1. The lowest BCUT2D eigenvalue weighted by Crippen LogP contribution is -2.07. The summed E-state index contributed by atoms with van der Waals surface area (Å²) in [6.45, 7) is 0. The van der Waals surface area contributed by atoms with Gasteiger partial charge in [-0.15, -0.1) is 0 Å². The van der Waals surface area contributed by atoms with Crippen molar-refractivity contribution in [3.05, 3.63) is 58.3 Å². The number of carbonyl (C=O) groups excluding carboxylic acids is 1. The molecule has 2 aromatic rings. The summed E-state index contributed by atoms with van der Waals surface area (Å²) in [5.74, 6) is -0.0158. The maximum Gasteiger partial charge on any atom is 0.170 e. The second kappa shape index (κ2) is 5.10. The summed E-state index contributed by atoms with van der Waals surface area (Å²) in [6.07, 6.45) is 3.42. The van der Waals surface area contributed by atoms with Gasteiger partial charge in [0.05, 0.1) is 5.56 Å². The molecule has 0 spiro atoms. The molecular weight excluding hydrogens is 280 g/mol. The minimum Gasteiger partial charge on any atom is -0.398 e. The summed E-state index contributed by atoms with van der Waals surface area (Å²) in [6, 6.07) is 9.28. The van der Waals surface area contributed by atoms with Gasteiger partial charge in [-0.25, -0.2) is 0 Å². The minimum atomic E-state index is -0.0158. The van der Waals surface area contributed by atoms with Gasteiger partial charge in [-0.1, -0.05) is 28.1 Å². The zero-order valence-electron chi connectivity index (χ0n) is 9.06. The van der Waals surface area contributed by atoms with Crippen molar-refractivity contribution in [1.29, 1.82) is 0 Å². The predicted octanol–water partition coefficient (Wildman–Crippen LogP) is 2.85. The van der Waals surface area contributed by atoms with Crippen LogP contribution in [0.1, 0.15) is 15.9 Å². The number of nitrogens with zero attached hydrogens (tertiary/aromatic N) is 1. The van der Waals surface area contributed by atoms with Crippen LogP contribution < -0.4 is 5.73 Å². The van der Waals surface area contributed by atoms with Crippen LogP contribution in [-0.4, -0.2) is 10.8 Å². The third kappa shape index (κ3) is 2.91. The van der Waals surface area contributed by atoms with Crippen LogP contribution in [0.15, 0.2) is 47.2 Å². The van der Waals surface area contributed by atoms with Crippen LogP contribution in [0.2, 0.25) is 0 Å². The molecule has 86 valence electrons. The number of Topliss-reactive ketones (excluding diaryl/α,β-unsaturated/α-hetero) is 1. The number of benzene rings is 1. The van der Waals surface area contributed by atoms with Crippen LogP contribution in [0, 0.1) is 0 Å². The van der Waals surface area contributed by atoms with Crippen molar-refractivity contribution in [2.24, 2.45) is 0 Å². The van der Waals surface area contributed by atoms with Crippen LogP contribution in [0.3, 0.4) is 0 Å². The van der Waals surface area contributed by atoms with E-state index in [4.69, 9.17) is 5.73 Å². The van der Waals surface area contributed by atoms with Gasteiger partial charge in [0.25, 0.3) is 0 Å². The Morgan fingerprint density at radius 1 is 1.24 bits per heavy atom. The molecule has 0 aliphatic rings. The summed E-state index contributed by atoms with van der Waals surface area (Å²) in [5, 5.41) is 0. The monoisotopic (exact) mass is 290 g/mol. The molecule has 0 radical (unpaired) electrons. The molecule has 0 fully saturated rings. The summed E-state index contributed by atoms with van der Waals surface area (Å²) >= 11 is 3.35. The van der Waals surface area contributed by atoms with Crippen LogP contribution in [-0.2, 0) is 6.42 Å². The highest BCUT2D eigenvalue weighted by molar-refractivity contribution is 9.10. The van der Waals surface area contributed by atoms with E-state index in [0.717, 1.165) is 10.0 Å². The van der Waals surface area contributed by atoms with Crippen LogP contribution in [0.25, 0.3) is 0 Å². The number of halogens is 1. The normalized spacial score (nSPS) is 10.2. The zero-order chi connectivity index (χ0) is 12.3. The number of anilines is 1. The SMILES string of the molecule is Nc1ccncc1C(=O)Cc1ccc(Br)cc1. The zero-order valence-corrected chi connectivity index (χ0v) is 10.6. The van der Waals surface area contributed by atoms with Gasteiger partial charge in [-0.05, 0) is 23.8 Å². The van der Waals surface area contributed by atoms with E-state index in [1.807, 2.05) is 24.3 Å². The van der Waals surface area contributed by atoms with E-state index in [1.165, 1.54) is 6.20 Å². The summed E-state index contributed by atoms with van der Waals surface area (Å²) < 4.78 is 0.995. The van der Waals surface area contributed by atoms with E-state index in [2.05, 4.69) is 20.9 Å². The number of hydrogen-bond acceptors (Lipinski definition) is 3. The Morgan fingerprint density at radius 3 is 2.59 bits per heavy atom. The first-order valence-electron chi connectivity index (χ1n) is 5.14. The average molecular weight is 291 g/mol. The number of nitrogens with two attached hydrogens (primary N) is 1. The van der Waals surface area contributed by atoms with Gasteiger partial charge < -0.3 is 5.73 Å². The number of hydrogen-bond donors (Lipinski definition) is 1. The quantitative estimate of drug-likeness (QED) is 0.885. The summed E-state index contributed by atoms with van der Waals surface area (Å²) in [4.78, 5) is 15.9. The number of carbonyl (C=O) groups is 1. The average Bonchev–Trinajstić information content (AvgIpc) is 2.32. The van der Waals surface area contributed by atoms with E-state index >= 15 is 0 Å². The lowest BCUT2D eigenvalue weighted by atomic mass is 10.0. The molecule has 0 saturated carbocycles. The fourth-order valence-corrected chi connectivity index (χ4v) is 1.79. The second-order valence-electron chi connectivity index (χ2n) is 3.69. The lowest BCUT2D eigenvalue weighted by molar-refractivity contribution is 0.0993. The highest BCUT2D eigenvalue weighted by Gasteiger charge is 2.10. The van der Waals surface area contributed by atoms with Crippen molar-refractivity contribution in [3.8, 4) is 0 Å². The fourth-order valence-electron chi connectivity index (χ4n) is 1.52. The third-order valence-electron chi connectivity index (χ3n) is 2.43. The maximum atomic E-state index is 12.0. The Hall–Kier alpha value is -1.68. The molecule has 2 rings (SSSR count). The molecule has 4 heteroatoms. The van der Waals surface area contributed by atoms with Gasteiger partial charge >= 0.3 is 0 Å². The predicted molar refractivity (Wildman–Crippen MR) is 70.8 cm³/mol. The molecule has 2 N–H and O–H groups in total. The number of pyridine rings is 1. The van der Waals surface area contributed by atoms with Crippen molar-refractivity contribution in [2.45, 2.75) is 6.42 Å². The molecule has 0 aliphatic carbocycles. The highest BCUT2D eigenvalue weighted by Crippen LogP contribution is 2.15. The molecule has 17 heavy (non-hydrogen) atoms. The largest absolute Gasteiger partial charge is 0.398 e. The first kappa shape index (κ1) is 11.8. The van der Waals surface area contributed by atoms with Crippen molar-refractivity contribution >= 4 is 27.4 Å². The van der Waals surface area contributed by atoms with E-state index in [1.54, 1.807) is 12.3 Å². The molecule has 0 bridgehead atoms. The third-order valence-corrected chi connectivity index (χ3v) is 2.96. The van der Waals surface area contributed by atoms with E-state index in [-0.39, 0.29) is 5.78 Å². The fraction of sp³-hybridized carbons (Fsp3) is 0.0769. The van der Waals surface area contributed by atoms with Crippen molar-refractivity contribution in [1.82, 2.24) is 4.98 Å². The molecule has 0 saturated heterocycles. The lowest BCUT2D eigenvalue weighted by Gasteiger charge is -2.04. The first-order valence-corrected chi connectivity index (χ1v) is 5.93. The summed E-state index contributed by atoms with van der Waals surface area (Å²) in [7, 11) is 0. The Labute approximate surface area is 108 Å². The number of ketones is 1. The van der Waals surface area contributed by atoms with Gasteiger partial charge in [0, 0.05) is 29.0 Å². The molecule has 0 amide bonds. The smallest absolute Gasteiger partial charge is 0.170 e. The van der Waals surface area contributed by atoms with Crippen LogP contribution >= 0.6 is 15.9 Å². The van der Waals surface area contributed by atoms with Crippen LogP contribution in [0.5, 0.6) is 0 Å².